The van der Waals surface area contributed by atoms with E-state index in [-0.39, 0.29) is 17.2 Å². The lowest BCUT2D eigenvalue weighted by molar-refractivity contribution is -0.394. The summed E-state index contributed by atoms with van der Waals surface area (Å²) in [6.07, 6.45) is 3.00. The highest BCUT2D eigenvalue weighted by atomic mass is 35.5. The smallest absolute Gasteiger partial charge is 0.318 e. The van der Waals surface area contributed by atoms with Crippen LogP contribution in [-0.2, 0) is 0 Å². The fourth-order valence-electron chi connectivity index (χ4n) is 2.91. The number of nitrogens with one attached hydrogen (secondary N) is 1. The van der Waals surface area contributed by atoms with Gasteiger partial charge in [0.05, 0.1) is 9.85 Å². The molecule has 1 N–H and O–H groups in total. The number of rotatable bonds is 6. The zero-order chi connectivity index (χ0) is 20.3. The normalized spacial score (nSPS) is 14.5. The summed E-state index contributed by atoms with van der Waals surface area (Å²) in [4.78, 5) is 21.5. The zero-order valence-electron chi connectivity index (χ0n) is 14.6. The molecule has 1 heterocycles. The second-order valence-corrected chi connectivity index (χ2v) is 7.09. The van der Waals surface area contributed by atoms with Crippen LogP contribution in [0.1, 0.15) is 19.3 Å². The average Bonchev–Trinajstić information content (AvgIpc) is 2.61. The number of ether oxygens (including phenoxy) is 1. The number of anilines is 1. The van der Waals surface area contributed by atoms with Crippen LogP contribution in [0.3, 0.4) is 0 Å². The van der Waals surface area contributed by atoms with Gasteiger partial charge in [0, 0.05) is 29.2 Å². The quantitative estimate of drug-likeness (QED) is 0.484. The van der Waals surface area contributed by atoms with E-state index in [2.05, 4.69) is 5.43 Å². The van der Waals surface area contributed by atoms with Crippen molar-refractivity contribution in [2.75, 3.05) is 18.5 Å². The molecule has 2 aromatic rings. The molecule has 1 fully saturated rings. The third kappa shape index (κ3) is 4.80. The van der Waals surface area contributed by atoms with Gasteiger partial charge in [-0.2, -0.15) is 0 Å². The van der Waals surface area contributed by atoms with Gasteiger partial charge >= 0.3 is 11.4 Å². The minimum atomic E-state index is -0.737. The maximum absolute atomic E-state index is 11.4. The highest BCUT2D eigenvalue weighted by Gasteiger charge is 2.27. The highest BCUT2D eigenvalue weighted by Crippen LogP contribution is 2.40. The Morgan fingerprint density at radius 2 is 1.50 bits per heavy atom. The van der Waals surface area contributed by atoms with E-state index in [4.69, 9.17) is 27.9 Å². The maximum atomic E-state index is 11.4. The predicted octanol–water partition coefficient (Wildman–Crippen LogP) is 5.41. The van der Waals surface area contributed by atoms with Crippen LogP contribution in [0.15, 0.2) is 30.3 Å². The summed E-state index contributed by atoms with van der Waals surface area (Å²) in [6, 6.07) is 6.50. The van der Waals surface area contributed by atoms with Crippen molar-refractivity contribution in [1.82, 2.24) is 5.01 Å². The summed E-state index contributed by atoms with van der Waals surface area (Å²) in [5.74, 6) is 0.0202. The number of piperidine rings is 1. The third-order valence-corrected chi connectivity index (χ3v) is 4.61. The van der Waals surface area contributed by atoms with Crippen LogP contribution in [-0.4, -0.2) is 27.9 Å². The summed E-state index contributed by atoms with van der Waals surface area (Å²) in [6.45, 7) is 1.43. The fourth-order valence-corrected chi connectivity index (χ4v) is 3.42. The number of benzene rings is 2. The Hall–Kier alpha value is -2.62. The van der Waals surface area contributed by atoms with E-state index in [0.29, 0.717) is 23.1 Å². The van der Waals surface area contributed by atoms with Crippen molar-refractivity contribution in [3.05, 3.63) is 60.6 Å². The zero-order valence-corrected chi connectivity index (χ0v) is 16.1. The lowest BCUT2D eigenvalue weighted by atomic mass is 10.1. The maximum Gasteiger partial charge on any atom is 0.318 e. The molecule has 0 atom stereocenters. The van der Waals surface area contributed by atoms with Crippen LogP contribution in [0.2, 0.25) is 10.0 Å². The van der Waals surface area contributed by atoms with Gasteiger partial charge in [0.15, 0.2) is 0 Å². The molecule has 2 aromatic carbocycles. The van der Waals surface area contributed by atoms with E-state index in [0.717, 1.165) is 25.3 Å². The first-order chi connectivity index (χ1) is 13.3. The van der Waals surface area contributed by atoms with E-state index in [1.54, 1.807) is 0 Å². The molecule has 0 spiro atoms. The molecule has 0 saturated carbocycles. The molecular formula is C17H16Cl2N4O5. The Kier molecular flexibility index (Phi) is 6.18. The standard InChI is InChI=1S/C17H16Cl2N4O5/c18-11-6-12(19)8-13(7-11)28-17-9-14(20-21-4-2-1-3-5-21)15(22(24)25)10-16(17)23(26)27/h6-10,20H,1-5H2. The van der Waals surface area contributed by atoms with Gasteiger partial charge in [-0.05, 0) is 31.0 Å². The van der Waals surface area contributed by atoms with Crippen LogP contribution in [0, 0.1) is 20.2 Å². The molecule has 1 aliphatic rings. The van der Waals surface area contributed by atoms with E-state index < -0.39 is 21.2 Å². The van der Waals surface area contributed by atoms with Crippen molar-refractivity contribution in [1.29, 1.82) is 0 Å². The van der Waals surface area contributed by atoms with Crippen LogP contribution < -0.4 is 10.2 Å². The Labute approximate surface area is 170 Å². The van der Waals surface area contributed by atoms with Crippen LogP contribution in [0.25, 0.3) is 0 Å². The van der Waals surface area contributed by atoms with Crippen molar-refractivity contribution >= 4 is 40.3 Å². The first-order valence-electron chi connectivity index (χ1n) is 8.46. The van der Waals surface area contributed by atoms with E-state index in [1.807, 2.05) is 5.01 Å². The van der Waals surface area contributed by atoms with Gasteiger partial charge < -0.3 is 10.2 Å². The summed E-state index contributed by atoms with van der Waals surface area (Å²) >= 11 is 11.9. The third-order valence-electron chi connectivity index (χ3n) is 4.17. The number of nitrogens with zero attached hydrogens (tertiary/aromatic N) is 3. The van der Waals surface area contributed by atoms with Crippen LogP contribution in [0.4, 0.5) is 17.1 Å². The predicted molar refractivity (Wildman–Crippen MR) is 105 cm³/mol. The number of hydrogen-bond acceptors (Lipinski definition) is 7. The van der Waals surface area contributed by atoms with Crippen LogP contribution >= 0.6 is 23.2 Å². The molecule has 1 aliphatic heterocycles. The molecular weight excluding hydrogens is 411 g/mol. The summed E-state index contributed by atoms with van der Waals surface area (Å²) < 4.78 is 5.61. The SMILES string of the molecule is O=[N+]([O-])c1cc([N+](=O)[O-])c(Oc2cc(Cl)cc(Cl)c2)cc1NN1CCCCC1. The van der Waals surface area contributed by atoms with Crippen molar-refractivity contribution in [3.63, 3.8) is 0 Å². The minimum Gasteiger partial charge on any atom is -0.450 e. The molecule has 0 aliphatic carbocycles. The minimum absolute atomic E-state index is 0.112. The average molecular weight is 427 g/mol. The molecule has 11 heteroatoms. The Morgan fingerprint density at radius 3 is 2.07 bits per heavy atom. The second kappa shape index (κ2) is 8.59. The van der Waals surface area contributed by atoms with Gasteiger partial charge in [0.25, 0.3) is 0 Å². The number of halogens is 2. The largest absolute Gasteiger partial charge is 0.450 e. The Balaban J connectivity index is 2.02. The molecule has 148 valence electrons. The van der Waals surface area contributed by atoms with E-state index in [9.17, 15) is 20.2 Å². The highest BCUT2D eigenvalue weighted by molar-refractivity contribution is 6.34. The molecule has 0 aromatic heterocycles. The van der Waals surface area contributed by atoms with Crippen molar-refractivity contribution in [3.8, 4) is 11.5 Å². The van der Waals surface area contributed by atoms with Gasteiger partial charge in [0.2, 0.25) is 5.75 Å². The molecule has 28 heavy (non-hydrogen) atoms. The first kappa shape index (κ1) is 20.1. The Morgan fingerprint density at radius 1 is 0.893 bits per heavy atom. The number of nitro groups is 2. The topological polar surface area (TPSA) is 111 Å². The van der Waals surface area contributed by atoms with Crippen molar-refractivity contribution in [2.24, 2.45) is 0 Å². The first-order valence-corrected chi connectivity index (χ1v) is 9.21. The molecule has 0 unspecified atom stereocenters. The Bertz CT molecular complexity index is 898. The molecule has 0 amide bonds. The second-order valence-electron chi connectivity index (χ2n) is 6.22. The lowest BCUT2D eigenvalue weighted by Crippen LogP contribution is -2.35. The summed E-state index contributed by atoms with van der Waals surface area (Å²) in [5.41, 5.74) is 2.15. The summed E-state index contributed by atoms with van der Waals surface area (Å²) in [7, 11) is 0. The van der Waals surface area contributed by atoms with Gasteiger partial charge in [-0.3, -0.25) is 20.2 Å². The van der Waals surface area contributed by atoms with E-state index >= 15 is 0 Å². The van der Waals surface area contributed by atoms with Gasteiger partial charge in [-0.15, -0.1) is 0 Å². The number of hydrogen-bond donors (Lipinski definition) is 1. The van der Waals surface area contributed by atoms with Crippen molar-refractivity contribution in [2.45, 2.75) is 19.3 Å². The number of nitro benzene ring substituents is 2. The van der Waals surface area contributed by atoms with Crippen molar-refractivity contribution < 1.29 is 14.6 Å². The molecule has 1 saturated heterocycles. The summed E-state index contributed by atoms with van der Waals surface area (Å²) in [5, 5.41) is 25.3. The molecule has 3 rings (SSSR count). The molecule has 9 nitrogen and oxygen atoms in total. The van der Waals surface area contributed by atoms with Gasteiger partial charge in [0.1, 0.15) is 17.5 Å². The van der Waals surface area contributed by atoms with Crippen LogP contribution in [0.5, 0.6) is 11.5 Å². The van der Waals surface area contributed by atoms with Gasteiger partial charge in [-0.1, -0.05) is 29.6 Å². The monoisotopic (exact) mass is 426 g/mol. The number of hydrazine groups is 1. The van der Waals surface area contributed by atoms with Gasteiger partial charge in [-0.25, -0.2) is 5.01 Å². The molecule has 0 bridgehead atoms. The van der Waals surface area contributed by atoms with E-state index in [1.165, 1.54) is 24.3 Å². The fraction of sp³-hybridized carbons (Fsp3) is 0.294. The lowest BCUT2D eigenvalue weighted by Gasteiger charge is -2.27. The molecule has 0 radical (unpaired) electrons.